The molecule has 144 valence electrons. The van der Waals surface area contributed by atoms with Crippen LogP contribution in [0.5, 0.6) is 5.75 Å². The van der Waals surface area contributed by atoms with Crippen LogP contribution in [0.3, 0.4) is 0 Å². The van der Waals surface area contributed by atoms with E-state index in [0.29, 0.717) is 18.8 Å². The zero-order valence-corrected chi connectivity index (χ0v) is 16.3. The van der Waals surface area contributed by atoms with Crippen molar-refractivity contribution in [1.82, 2.24) is 14.3 Å². The maximum Gasteiger partial charge on any atom is 0.276 e. The largest absolute Gasteiger partial charge is 0.495 e. The first-order valence-corrected chi connectivity index (χ1v) is 10.2. The van der Waals surface area contributed by atoms with E-state index in [1.807, 2.05) is 0 Å². The second-order valence-electron chi connectivity index (χ2n) is 6.01. The van der Waals surface area contributed by atoms with E-state index in [0.717, 1.165) is 19.3 Å². The molecule has 2 aromatic rings. The number of rotatable bonds is 5. The lowest BCUT2D eigenvalue weighted by atomic mass is 10.2. The molecule has 0 radical (unpaired) electrons. The number of piperidine rings is 1. The summed E-state index contributed by atoms with van der Waals surface area (Å²) in [7, 11) is -2.21. The molecule has 1 aromatic carbocycles. The van der Waals surface area contributed by atoms with Crippen molar-refractivity contribution in [3.63, 3.8) is 0 Å². The Balaban J connectivity index is 1.90. The minimum atomic E-state index is -3.64. The molecular formula is C17H19ClN4O4S. The molecule has 27 heavy (non-hydrogen) atoms. The average Bonchev–Trinajstić information content (AvgIpc) is 2.68. The molecule has 1 amide bonds. The Morgan fingerprint density at radius 3 is 2.63 bits per heavy atom. The third kappa shape index (κ3) is 4.37. The maximum absolute atomic E-state index is 12.9. The summed E-state index contributed by atoms with van der Waals surface area (Å²) in [4.78, 5) is 20.2. The Morgan fingerprint density at radius 2 is 1.96 bits per heavy atom. The third-order valence-electron chi connectivity index (χ3n) is 4.21. The Labute approximate surface area is 162 Å². The number of nitrogens with one attached hydrogen (secondary N) is 1. The number of aromatic nitrogens is 2. The fourth-order valence-electron chi connectivity index (χ4n) is 2.84. The summed E-state index contributed by atoms with van der Waals surface area (Å²) >= 11 is 5.76. The number of hydrogen-bond donors (Lipinski definition) is 1. The fourth-order valence-corrected chi connectivity index (χ4v) is 4.53. The SMILES string of the molecule is COc1ccc(S(=O)(=O)N2CCCCC2)cc1NC(=O)c1cncc(Cl)n1. The van der Waals surface area contributed by atoms with Crippen LogP contribution >= 0.6 is 11.6 Å². The lowest BCUT2D eigenvalue weighted by Gasteiger charge is -2.26. The van der Waals surface area contributed by atoms with Crippen molar-refractivity contribution in [2.45, 2.75) is 24.2 Å². The molecule has 10 heteroatoms. The number of sulfonamides is 1. The second-order valence-corrected chi connectivity index (χ2v) is 8.33. The maximum atomic E-state index is 12.9. The molecule has 2 heterocycles. The van der Waals surface area contributed by atoms with Gasteiger partial charge in [0, 0.05) is 13.1 Å². The number of nitrogens with zero attached hydrogens (tertiary/aromatic N) is 3. The van der Waals surface area contributed by atoms with Crippen LogP contribution < -0.4 is 10.1 Å². The topological polar surface area (TPSA) is 101 Å². The van der Waals surface area contributed by atoms with Crippen molar-refractivity contribution in [1.29, 1.82) is 0 Å². The predicted octanol–water partition coefficient (Wildman–Crippen LogP) is 2.57. The predicted molar refractivity (Wildman–Crippen MR) is 101 cm³/mol. The van der Waals surface area contributed by atoms with E-state index in [4.69, 9.17) is 16.3 Å². The smallest absolute Gasteiger partial charge is 0.276 e. The van der Waals surface area contributed by atoms with Crippen LogP contribution in [-0.4, -0.2) is 48.8 Å². The molecule has 8 nitrogen and oxygen atoms in total. The molecule has 0 spiro atoms. The van der Waals surface area contributed by atoms with Gasteiger partial charge in [0.05, 0.1) is 30.1 Å². The Bertz CT molecular complexity index is 946. The molecule has 1 saturated heterocycles. The van der Waals surface area contributed by atoms with Crippen molar-refractivity contribution in [2.24, 2.45) is 0 Å². The molecular weight excluding hydrogens is 392 g/mol. The molecule has 0 aliphatic carbocycles. The van der Waals surface area contributed by atoms with E-state index in [-0.39, 0.29) is 21.4 Å². The van der Waals surface area contributed by atoms with E-state index >= 15 is 0 Å². The van der Waals surface area contributed by atoms with Gasteiger partial charge in [-0.3, -0.25) is 9.78 Å². The highest BCUT2D eigenvalue weighted by Gasteiger charge is 2.27. The summed E-state index contributed by atoms with van der Waals surface area (Å²) in [6.45, 7) is 0.988. The summed E-state index contributed by atoms with van der Waals surface area (Å²) in [5.41, 5.74) is 0.233. The van der Waals surface area contributed by atoms with E-state index in [2.05, 4.69) is 15.3 Å². The van der Waals surface area contributed by atoms with Crippen LogP contribution in [0.25, 0.3) is 0 Å². The second kappa shape index (κ2) is 8.20. The fraction of sp³-hybridized carbons (Fsp3) is 0.353. The lowest BCUT2D eigenvalue weighted by Crippen LogP contribution is -2.35. The zero-order valence-electron chi connectivity index (χ0n) is 14.7. The highest BCUT2D eigenvalue weighted by atomic mass is 35.5. The van der Waals surface area contributed by atoms with Gasteiger partial charge < -0.3 is 10.1 Å². The Morgan fingerprint density at radius 1 is 1.22 bits per heavy atom. The van der Waals surface area contributed by atoms with Crippen molar-refractivity contribution in [3.05, 3.63) is 41.4 Å². The molecule has 1 aliphatic rings. The third-order valence-corrected chi connectivity index (χ3v) is 6.29. The highest BCUT2D eigenvalue weighted by Crippen LogP contribution is 2.30. The Hall–Kier alpha value is -2.23. The van der Waals surface area contributed by atoms with E-state index in [9.17, 15) is 13.2 Å². The van der Waals surface area contributed by atoms with Crippen molar-refractivity contribution in [2.75, 3.05) is 25.5 Å². The van der Waals surface area contributed by atoms with Crippen molar-refractivity contribution < 1.29 is 17.9 Å². The molecule has 1 fully saturated rings. The normalized spacial score (nSPS) is 15.3. The van der Waals surface area contributed by atoms with Gasteiger partial charge in [-0.15, -0.1) is 0 Å². The number of amides is 1. The van der Waals surface area contributed by atoms with Crippen LogP contribution in [0.2, 0.25) is 5.15 Å². The van der Waals surface area contributed by atoms with Gasteiger partial charge in [-0.05, 0) is 31.0 Å². The van der Waals surface area contributed by atoms with Gasteiger partial charge >= 0.3 is 0 Å². The molecule has 0 bridgehead atoms. The zero-order chi connectivity index (χ0) is 19.4. The van der Waals surface area contributed by atoms with E-state index < -0.39 is 15.9 Å². The first-order chi connectivity index (χ1) is 12.9. The number of anilines is 1. The minimum absolute atomic E-state index is 0.00819. The van der Waals surface area contributed by atoms with Gasteiger partial charge in [-0.1, -0.05) is 18.0 Å². The van der Waals surface area contributed by atoms with E-state index in [1.54, 1.807) is 0 Å². The number of carbonyl (C=O) groups is 1. The molecule has 3 rings (SSSR count). The molecule has 0 saturated carbocycles. The van der Waals surface area contributed by atoms with Gasteiger partial charge in [-0.2, -0.15) is 4.31 Å². The number of benzene rings is 1. The quantitative estimate of drug-likeness (QED) is 0.812. The van der Waals surface area contributed by atoms with Crippen LogP contribution in [0.15, 0.2) is 35.5 Å². The van der Waals surface area contributed by atoms with Gasteiger partial charge in [-0.25, -0.2) is 13.4 Å². The highest BCUT2D eigenvalue weighted by molar-refractivity contribution is 7.89. The lowest BCUT2D eigenvalue weighted by molar-refractivity contribution is 0.102. The molecule has 0 unspecified atom stereocenters. The number of ether oxygens (including phenoxy) is 1. The van der Waals surface area contributed by atoms with Crippen LogP contribution in [0.4, 0.5) is 5.69 Å². The summed E-state index contributed by atoms with van der Waals surface area (Å²) < 4.78 is 32.4. The van der Waals surface area contributed by atoms with Gasteiger partial charge in [0.2, 0.25) is 10.0 Å². The summed E-state index contributed by atoms with van der Waals surface area (Å²) in [5.74, 6) is -0.244. The minimum Gasteiger partial charge on any atom is -0.495 e. The van der Waals surface area contributed by atoms with Gasteiger partial charge in [0.1, 0.15) is 16.6 Å². The molecule has 0 atom stereocenters. The van der Waals surface area contributed by atoms with Crippen LogP contribution in [0, 0.1) is 0 Å². The molecule has 1 aliphatic heterocycles. The van der Waals surface area contributed by atoms with Gasteiger partial charge in [0.15, 0.2) is 0 Å². The van der Waals surface area contributed by atoms with Gasteiger partial charge in [0.25, 0.3) is 5.91 Å². The number of methoxy groups -OCH3 is 1. The van der Waals surface area contributed by atoms with Crippen molar-refractivity contribution >= 4 is 33.2 Å². The Kier molecular flexibility index (Phi) is 5.93. The average molecular weight is 411 g/mol. The summed E-state index contributed by atoms with van der Waals surface area (Å²) in [6.07, 6.45) is 5.28. The molecule has 1 N–H and O–H groups in total. The summed E-state index contributed by atoms with van der Waals surface area (Å²) in [6, 6.07) is 4.37. The number of hydrogen-bond acceptors (Lipinski definition) is 6. The monoisotopic (exact) mass is 410 g/mol. The van der Waals surface area contributed by atoms with E-state index in [1.165, 1.54) is 42.0 Å². The first-order valence-electron chi connectivity index (χ1n) is 8.39. The standard InChI is InChI=1S/C17H19ClN4O4S/c1-26-15-6-5-12(27(24,25)22-7-3-2-4-8-22)9-13(15)21-17(23)14-10-19-11-16(18)20-14/h5-6,9-11H,2-4,7-8H2,1H3,(H,21,23). The number of halogens is 1. The van der Waals surface area contributed by atoms with Crippen LogP contribution in [-0.2, 0) is 10.0 Å². The summed E-state index contributed by atoms with van der Waals surface area (Å²) in [5, 5.41) is 2.69. The molecule has 1 aromatic heterocycles. The van der Waals surface area contributed by atoms with Crippen LogP contribution in [0.1, 0.15) is 29.8 Å². The number of carbonyl (C=O) groups excluding carboxylic acids is 1. The first kappa shape index (κ1) is 19.5. The van der Waals surface area contributed by atoms with Crippen molar-refractivity contribution in [3.8, 4) is 5.75 Å².